The SMILES string of the molecule is COc1cc2cc(C)ccc2o1. The van der Waals surface area contributed by atoms with E-state index in [-0.39, 0.29) is 0 Å². The van der Waals surface area contributed by atoms with Crippen molar-refractivity contribution in [3.05, 3.63) is 29.8 Å². The lowest BCUT2D eigenvalue weighted by atomic mass is 10.2. The van der Waals surface area contributed by atoms with E-state index in [0.29, 0.717) is 5.95 Å². The third-order valence-corrected chi connectivity index (χ3v) is 1.85. The van der Waals surface area contributed by atoms with E-state index in [1.807, 2.05) is 18.2 Å². The van der Waals surface area contributed by atoms with Crippen LogP contribution in [0.2, 0.25) is 0 Å². The zero-order valence-electron chi connectivity index (χ0n) is 7.13. The molecule has 0 aliphatic rings. The molecule has 0 fully saturated rings. The Morgan fingerprint density at radius 1 is 1.25 bits per heavy atom. The maximum Gasteiger partial charge on any atom is 0.285 e. The molecule has 0 unspecified atom stereocenters. The highest BCUT2D eigenvalue weighted by molar-refractivity contribution is 5.79. The molecular weight excluding hydrogens is 152 g/mol. The van der Waals surface area contributed by atoms with Crippen LogP contribution in [0.3, 0.4) is 0 Å². The molecular formula is C10H10O2. The molecule has 0 saturated carbocycles. The molecule has 0 aliphatic heterocycles. The van der Waals surface area contributed by atoms with Crippen LogP contribution >= 0.6 is 0 Å². The Morgan fingerprint density at radius 3 is 2.83 bits per heavy atom. The van der Waals surface area contributed by atoms with Crippen molar-refractivity contribution in [1.29, 1.82) is 0 Å². The molecule has 12 heavy (non-hydrogen) atoms. The smallest absolute Gasteiger partial charge is 0.285 e. The number of hydrogen-bond donors (Lipinski definition) is 0. The van der Waals surface area contributed by atoms with Gasteiger partial charge in [-0.2, -0.15) is 0 Å². The van der Waals surface area contributed by atoms with Crippen molar-refractivity contribution < 1.29 is 9.15 Å². The Morgan fingerprint density at radius 2 is 2.08 bits per heavy atom. The average molecular weight is 162 g/mol. The summed E-state index contributed by atoms with van der Waals surface area (Å²) in [6, 6.07) is 7.93. The number of ether oxygens (including phenoxy) is 1. The minimum Gasteiger partial charge on any atom is -0.468 e. The van der Waals surface area contributed by atoms with E-state index in [9.17, 15) is 0 Å². The second-order valence-electron chi connectivity index (χ2n) is 2.81. The van der Waals surface area contributed by atoms with Gasteiger partial charge in [0.15, 0.2) is 0 Å². The molecule has 1 heterocycles. The van der Waals surface area contributed by atoms with Crippen LogP contribution < -0.4 is 4.74 Å². The van der Waals surface area contributed by atoms with Gasteiger partial charge in [0, 0.05) is 11.5 Å². The summed E-state index contributed by atoms with van der Waals surface area (Å²) in [7, 11) is 1.60. The van der Waals surface area contributed by atoms with Crippen LogP contribution in [0.5, 0.6) is 5.95 Å². The number of benzene rings is 1. The van der Waals surface area contributed by atoms with Crippen LogP contribution in [0.15, 0.2) is 28.7 Å². The Bertz CT molecular complexity index is 401. The minimum atomic E-state index is 0.565. The third kappa shape index (κ3) is 1.05. The van der Waals surface area contributed by atoms with Gasteiger partial charge in [-0.25, -0.2) is 0 Å². The van der Waals surface area contributed by atoms with Gasteiger partial charge in [0.25, 0.3) is 5.95 Å². The molecule has 1 aromatic carbocycles. The van der Waals surface area contributed by atoms with E-state index in [0.717, 1.165) is 11.0 Å². The fourth-order valence-corrected chi connectivity index (χ4v) is 1.24. The number of rotatable bonds is 1. The van der Waals surface area contributed by atoms with E-state index in [2.05, 4.69) is 13.0 Å². The number of furan rings is 1. The third-order valence-electron chi connectivity index (χ3n) is 1.85. The van der Waals surface area contributed by atoms with Gasteiger partial charge in [-0.05, 0) is 19.1 Å². The molecule has 0 spiro atoms. The van der Waals surface area contributed by atoms with Gasteiger partial charge in [-0.1, -0.05) is 11.6 Å². The molecule has 62 valence electrons. The van der Waals surface area contributed by atoms with E-state index < -0.39 is 0 Å². The predicted molar refractivity (Wildman–Crippen MR) is 47.5 cm³/mol. The molecule has 2 aromatic rings. The second kappa shape index (κ2) is 2.55. The summed E-state index contributed by atoms with van der Waals surface area (Å²) in [6.07, 6.45) is 0. The Hall–Kier alpha value is -1.44. The summed E-state index contributed by atoms with van der Waals surface area (Å²) in [5.74, 6) is 0.565. The van der Waals surface area contributed by atoms with E-state index in [4.69, 9.17) is 9.15 Å². The topological polar surface area (TPSA) is 22.4 Å². The average Bonchev–Trinajstić information content (AvgIpc) is 2.46. The van der Waals surface area contributed by atoms with Crippen LogP contribution in [0.4, 0.5) is 0 Å². The summed E-state index contributed by atoms with van der Waals surface area (Å²) >= 11 is 0. The first-order valence-corrected chi connectivity index (χ1v) is 3.84. The summed E-state index contributed by atoms with van der Waals surface area (Å²) < 4.78 is 10.3. The molecule has 2 heteroatoms. The van der Waals surface area contributed by atoms with Gasteiger partial charge < -0.3 is 9.15 Å². The van der Waals surface area contributed by atoms with E-state index in [1.54, 1.807) is 7.11 Å². The highest BCUT2D eigenvalue weighted by Crippen LogP contribution is 2.24. The first kappa shape index (κ1) is 7.22. The molecule has 2 rings (SSSR count). The lowest BCUT2D eigenvalue weighted by molar-refractivity contribution is 0.316. The molecule has 0 atom stereocenters. The molecule has 1 aromatic heterocycles. The van der Waals surface area contributed by atoms with Crippen LogP contribution in [0.1, 0.15) is 5.56 Å². The molecule has 0 amide bonds. The van der Waals surface area contributed by atoms with Gasteiger partial charge in [0.05, 0.1) is 7.11 Å². The van der Waals surface area contributed by atoms with Crippen molar-refractivity contribution in [3.63, 3.8) is 0 Å². The molecule has 0 saturated heterocycles. The fraction of sp³-hybridized carbons (Fsp3) is 0.200. The lowest BCUT2D eigenvalue weighted by Crippen LogP contribution is -1.75. The van der Waals surface area contributed by atoms with Crippen LogP contribution in [0.25, 0.3) is 11.0 Å². The molecule has 0 bridgehead atoms. The van der Waals surface area contributed by atoms with Crippen LogP contribution in [0, 0.1) is 6.92 Å². The Balaban J connectivity index is 2.67. The molecule has 0 aliphatic carbocycles. The first-order valence-electron chi connectivity index (χ1n) is 3.84. The lowest BCUT2D eigenvalue weighted by Gasteiger charge is -1.89. The first-order chi connectivity index (χ1) is 5.79. The summed E-state index contributed by atoms with van der Waals surface area (Å²) in [4.78, 5) is 0. The number of fused-ring (bicyclic) bond motifs is 1. The normalized spacial score (nSPS) is 10.5. The Labute approximate surface area is 70.8 Å². The van der Waals surface area contributed by atoms with Crippen molar-refractivity contribution in [2.45, 2.75) is 6.92 Å². The van der Waals surface area contributed by atoms with Crippen molar-refractivity contribution in [2.75, 3.05) is 7.11 Å². The standard InChI is InChI=1S/C10H10O2/c1-7-3-4-9-8(5-7)6-10(11-2)12-9/h3-6H,1-2H3. The predicted octanol–water partition coefficient (Wildman–Crippen LogP) is 2.75. The van der Waals surface area contributed by atoms with Gasteiger partial charge >= 0.3 is 0 Å². The van der Waals surface area contributed by atoms with Crippen molar-refractivity contribution in [2.24, 2.45) is 0 Å². The number of aryl methyl sites for hydroxylation is 1. The van der Waals surface area contributed by atoms with Crippen LogP contribution in [-0.4, -0.2) is 7.11 Å². The van der Waals surface area contributed by atoms with Crippen molar-refractivity contribution in [1.82, 2.24) is 0 Å². The zero-order valence-corrected chi connectivity index (χ0v) is 7.13. The van der Waals surface area contributed by atoms with Gasteiger partial charge in [0.1, 0.15) is 5.58 Å². The summed E-state index contributed by atoms with van der Waals surface area (Å²) in [6.45, 7) is 2.05. The quantitative estimate of drug-likeness (QED) is 0.643. The molecule has 0 N–H and O–H groups in total. The van der Waals surface area contributed by atoms with E-state index >= 15 is 0 Å². The summed E-state index contributed by atoms with van der Waals surface area (Å²) in [5, 5.41) is 1.09. The fourth-order valence-electron chi connectivity index (χ4n) is 1.24. The van der Waals surface area contributed by atoms with Gasteiger partial charge in [-0.3, -0.25) is 0 Å². The van der Waals surface area contributed by atoms with E-state index in [1.165, 1.54) is 5.56 Å². The monoisotopic (exact) mass is 162 g/mol. The minimum absolute atomic E-state index is 0.565. The highest BCUT2D eigenvalue weighted by atomic mass is 16.6. The maximum atomic E-state index is 5.35. The molecule has 0 radical (unpaired) electrons. The number of methoxy groups -OCH3 is 1. The van der Waals surface area contributed by atoms with Gasteiger partial charge in [-0.15, -0.1) is 0 Å². The number of hydrogen-bond acceptors (Lipinski definition) is 2. The largest absolute Gasteiger partial charge is 0.468 e. The van der Waals surface area contributed by atoms with Gasteiger partial charge in [0.2, 0.25) is 0 Å². The zero-order chi connectivity index (χ0) is 8.55. The maximum absolute atomic E-state index is 5.35. The van der Waals surface area contributed by atoms with Crippen molar-refractivity contribution in [3.8, 4) is 5.95 Å². The van der Waals surface area contributed by atoms with Crippen molar-refractivity contribution >= 4 is 11.0 Å². The second-order valence-corrected chi connectivity index (χ2v) is 2.81. The highest BCUT2D eigenvalue weighted by Gasteiger charge is 2.01. The Kier molecular flexibility index (Phi) is 1.54. The summed E-state index contributed by atoms with van der Waals surface area (Å²) in [5.41, 5.74) is 2.10. The molecule has 2 nitrogen and oxygen atoms in total. The van der Waals surface area contributed by atoms with Crippen LogP contribution in [-0.2, 0) is 0 Å².